The first-order valence-corrected chi connectivity index (χ1v) is 7.54. The predicted molar refractivity (Wildman–Crippen MR) is 87.7 cm³/mol. The third kappa shape index (κ3) is 4.04. The Morgan fingerprint density at radius 3 is 2.20 bits per heavy atom. The van der Waals surface area contributed by atoms with E-state index in [0.29, 0.717) is 11.7 Å². The summed E-state index contributed by atoms with van der Waals surface area (Å²) in [5.74, 6) is 0.763. The summed E-state index contributed by atoms with van der Waals surface area (Å²) in [6.45, 7) is 12.9. The molecule has 1 aromatic rings. The van der Waals surface area contributed by atoms with Gasteiger partial charge >= 0.3 is 0 Å². The van der Waals surface area contributed by atoms with E-state index >= 15 is 0 Å². The monoisotopic (exact) mass is 279 g/mol. The highest BCUT2D eigenvalue weighted by atomic mass is 16.5. The van der Waals surface area contributed by atoms with Crippen molar-refractivity contribution in [1.29, 1.82) is 0 Å². The van der Waals surface area contributed by atoms with Crippen LogP contribution in [0, 0.1) is 0 Å². The molecule has 1 aliphatic heterocycles. The van der Waals surface area contributed by atoms with Crippen molar-refractivity contribution in [2.75, 3.05) is 43.9 Å². The summed E-state index contributed by atoms with van der Waals surface area (Å²) < 4.78 is 5.27. The van der Waals surface area contributed by atoms with Crippen molar-refractivity contribution in [2.24, 2.45) is 0 Å². The van der Waals surface area contributed by atoms with Crippen molar-refractivity contribution < 1.29 is 4.74 Å². The van der Waals surface area contributed by atoms with Crippen LogP contribution >= 0.6 is 0 Å². The van der Waals surface area contributed by atoms with Crippen molar-refractivity contribution >= 4 is 11.4 Å². The molecule has 0 spiro atoms. The second-order valence-electron chi connectivity index (χ2n) is 5.04. The van der Waals surface area contributed by atoms with E-state index in [9.17, 15) is 0 Å². The Balaban J connectivity index is 0.000000956. The Hall–Kier alpha value is -1.42. The van der Waals surface area contributed by atoms with Crippen LogP contribution in [0.25, 0.3) is 0 Å². The van der Waals surface area contributed by atoms with E-state index in [0.717, 1.165) is 31.9 Å². The number of piperazine rings is 1. The first kappa shape index (κ1) is 16.6. The fourth-order valence-electron chi connectivity index (χ4n) is 2.39. The Morgan fingerprint density at radius 1 is 1.10 bits per heavy atom. The van der Waals surface area contributed by atoms with E-state index in [2.05, 4.69) is 29.7 Å². The van der Waals surface area contributed by atoms with E-state index < -0.39 is 0 Å². The van der Waals surface area contributed by atoms with Gasteiger partial charge < -0.3 is 15.4 Å². The Kier molecular flexibility index (Phi) is 6.65. The van der Waals surface area contributed by atoms with Crippen LogP contribution in [0.4, 0.5) is 11.4 Å². The molecule has 0 unspecified atom stereocenters. The third-order valence-corrected chi connectivity index (χ3v) is 3.63. The lowest BCUT2D eigenvalue weighted by Crippen LogP contribution is -2.48. The van der Waals surface area contributed by atoms with Gasteiger partial charge in [0.25, 0.3) is 0 Å². The van der Waals surface area contributed by atoms with Gasteiger partial charge in [-0.05, 0) is 26.0 Å². The Bertz CT molecular complexity index is 399. The van der Waals surface area contributed by atoms with Crippen LogP contribution < -0.4 is 15.4 Å². The molecule has 1 heterocycles. The van der Waals surface area contributed by atoms with Crippen LogP contribution in [0.2, 0.25) is 0 Å². The summed E-state index contributed by atoms with van der Waals surface area (Å²) in [5.41, 5.74) is 7.73. The van der Waals surface area contributed by atoms with Gasteiger partial charge in [-0.3, -0.25) is 4.90 Å². The number of methoxy groups -OCH3 is 1. The molecular formula is C16H29N3O. The first-order chi connectivity index (χ1) is 9.61. The molecule has 114 valence electrons. The number of ether oxygens (including phenoxy) is 1. The second-order valence-corrected chi connectivity index (χ2v) is 5.04. The smallest absolute Gasteiger partial charge is 0.143 e. The van der Waals surface area contributed by atoms with Gasteiger partial charge in [-0.1, -0.05) is 13.8 Å². The van der Waals surface area contributed by atoms with Crippen LogP contribution in [0.5, 0.6) is 5.75 Å². The van der Waals surface area contributed by atoms with Gasteiger partial charge in [-0.25, -0.2) is 0 Å². The summed E-state index contributed by atoms with van der Waals surface area (Å²) in [6, 6.07) is 6.65. The zero-order valence-electron chi connectivity index (χ0n) is 13.5. The number of nitrogen functional groups attached to an aromatic ring is 1. The molecule has 2 N–H and O–H groups in total. The van der Waals surface area contributed by atoms with E-state index in [1.807, 2.05) is 26.0 Å². The SMILES string of the molecule is CC.COc1cc(N2CCN(C(C)C)CC2)ccc1N. The Morgan fingerprint density at radius 2 is 1.70 bits per heavy atom. The molecule has 20 heavy (non-hydrogen) atoms. The van der Waals surface area contributed by atoms with E-state index in [1.54, 1.807) is 7.11 Å². The molecule has 0 atom stereocenters. The lowest BCUT2D eigenvalue weighted by Gasteiger charge is -2.38. The van der Waals surface area contributed by atoms with Gasteiger partial charge in [-0.15, -0.1) is 0 Å². The number of hydrogen-bond acceptors (Lipinski definition) is 4. The average molecular weight is 279 g/mol. The standard InChI is InChI=1S/C14H23N3O.C2H6/c1-11(2)16-6-8-17(9-7-16)12-4-5-13(15)14(10-12)18-3;1-2/h4-5,10-11H,6-9,15H2,1-3H3;1-2H3. The maximum atomic E-state index is 5.84. The van der Waals surface area contributed by atoms with Gasteiger partial charge in [0.2, 0.25) is 0 Å². The molecule has 4 nitrogen and oxygen atoms in total. The zero-order chi connectivity index (χ0) is 15.1. The van der Waals surface area contributed by atoms with Crippen LogP contribution in [-0.4, -0.2) is 44.2 Å². The molecule has 0 aliphatic carbocycles. The summed E-state index contributed by atoms with van der Waals surface area (Å²) in [5, 5.41) is 0. The predicted octanol–water partition coefficient (Wildman–Crippen LogP) is 2.83. The normalized spacial score (nSPS) is 15.8. The van der Waals surface area contributed by atoms with Crippen LogP contribution in [0.3, 0.4) is 0 Å². The fraction of sp³-hybridized carbons (Fsp3) is 0.625. The highest BCUT2D eigenvalue weighted by molar-refractivity contribution is 5.62. The van der Waals surface area contributed by atoms with Gasteiger partial charge in [0.05, 0.1) is 12.8 Å². The number of rotatable bonds is 3. The molecule has 0 saturated carbocycles. The number of nitrogens with two attached hydrogens (primary N) is 1. The van der Waals surface area contributed by atoms with Crippen LogP contribution in [0.1, 0.15) is 27.7 Å². The summed E-state index contributed by atoms with van der Waals surface area (Å²) in [4.78, 5) is 4.89. The maximum Gasteiger partial charge on any atom is 0.143 e. The molecule has 0 aromatic heterocycles. The largest absolute Gasteiger partial charge is 0.495 e. The molecule has 0 radical (unpaired) electrons. The van der Waals surface area contributed by atoms with Crippen LogP contribution in [0.15, 0.2) is 18.2 Å². The highest BCUT2D eigenvalue weighted by Gasteiger charge is 2.19. The molecule has 1 aromatic carbocycles. The van der Waals surface area contributed by atoms with Crippen molar-refractivity contribution in [1.82, 2.24) is 4.90 Å². The van der Waals surface area contributed by atoms with Crippen LogP contribution in [-0.2, 0) is 0 Å². The molecule has 1 aliphatic rings. The minimum Gasteiger partial charge on any atom is -0.495 e. The van der Waals surface area contributed by atoms with Gasteiger partial charge in [0.15, 0.2) is 0 Å². The zero-order valence-corrected chi connectivity index (χ0v) is 13.5. The maximum absolute atomic E-state index is 5.84. The molecule has 1 fully saturated rings. The lowest BCUT2D eigenvalue weighted by atomic mass is 10.2. The van der Waals surface area contributed by atoms with E-state index in [-0.39, 0.29) is 0 Å². The highest BCUT2D eigenvalue weighted by Crippen LogP contribution is 2.28. The summed E-state index contributed by atoms with van der Waals surface area (Å²) in [6.07, 6.45) is 0. The summed E-state index contributed by atoms with van der Waals surface area (Å²) in [7, 11) is 1.66. The van der Waals surface area contributed by atoms with Gasteiger partial charge in [0, 0.05) is 44.0 Å². The van der Waals surface area contributed by atoms with Gasteiger partial charge in [0.1, 0.15) is 5.75 Å². The fourth-order valence-corrected chi connectivity index (χ4v) is 2.39. The number of anilines is 2. The number of nitrogens with zero attached hydrogens (tertiary/aromatic N) is 2. The first-order valence-electron chi connectivity index (χ1n) is 7.54. The van der Waals surface area contributed by atoms with E-state index in [1.165, 1.54) is 5.69 Å². The molecule has 0 amide bonds. The van der Waals surface area contributed by atoms with Gasteiger partial charge in [-0.2, -0.15) is 0 Å². The minimum atomic E-state index is 0.633. The van der Waals surface area contributed by atoms with Crippen molar-refractivity contribution in [3.63, 3.8) is 0 Å². The second kappa shape index (κ2) is 8.00. The molecule has 0 bridgehead atoms. The number of hydrogen-bond donors (Lipinski definition) is 1. The van der Waals surface area contributed by atoms with Crippen molar-refractivity contribution in [3.05, 3.63) is 18.2 Å². The quantitative estimate of drug-likeness (QED) is 0.864. The van der Waals surface area contributed by atoms with Crippen molar-refractivity contribution in [3.8, 4) is 5.75 Å². The van der Waals surface area contributed by atoms with E-state index in [4.69, 9.17) is 10.5 Å². The molecule has 1 saturated heterocycles. The lowest BCUT2D eigenvalue weighted by molar-refractivity contribution is 0.209. The number of benzene rings is 1. The topological polar surface area (TPSA) is 41.7 Å². The van der Waals surface area contributed by atoms with Crippen molar-refractivity contribution in [2.45, 2.75) is 33.7 Å². The minimum absolute atomic E-state index is 0.633. The molecule has 4 heteroatoms. The summed E-state index contributed by atoms with van der Waals surface area (Å²) >= 11 is 0. The average Bonchev–Trinajstić information content (AvgIpc) is 2.50. The molecular weight excluding hydrogens is 250 g/mol. The molecule has 2 rings (SSSR count). The third-order valence-electron chi connectivity index (χ3n) is 3.63. The Labute approximate surface area is 123 Å².